The maximum Gasteiger partial charge on any atom is 0.230 e. The van der Waals surface area contributed by atoms with Gasteiger partial charge in [-0.05, 0) is 5.56 Å². The molecule has 1 heterocycles. The molecule has 21 heavy (non-hydrogen) atoms. The molecule has 0 atom stereocenters. The fourth-order valence-electron chi connectivity index (χ4n) is 1.75. The Kier molecular flexibility index (Phi) is 5.84. The second-order valence-electron chi connectivity index (χ2n) is 4.24. The van der Waals surface area contributed by atoms with E-state index in [9.17, 15) is 9.59 Å². The molecule has 1 aromatic carbocycles. The zero-order valence-corrected chi connectivity index (χ0v) is 12.8. The van der Waals surface area contributed by atoms with Crippen molar-refractivity contribution in [1.82, 2.24) is 4.90 Å². The molecule has 1 aromatic rings. The van der Waals surface area contributed by atoms with Gasteiger partial charge in [-0.3, -0.25) is 14.5 Å². The molecule has 1 saturated heterocycles. The molecule has 0 radical (unpaired) electrons. The molecule has 0 aliphatic carbocycles. The van der Waals surface area contributed by atoms with Gasteiger partial charge in [-0.25, -0.2) is 0 Å². The maximum atomic E-state index is 11.5. The molecule has 0 bridgehead atoms. The Morgan fingerprint density at radius 2 is 1.86 bits per heavy atom. The number of imide groups is 1. The number of rotatable bonds is 4. The largest absolute Gasteiger partial charge is 0.274 e. The average Bonchev–Trinajstić information content (AvgIpc) is 2.82. The van der Waals surface area contributed by atoms with Crippen LogP contribution in [0.3, 0.4) is 0 Å². The third-order valence-electron chi connectivity index (χ3n) is 2.82. The van der Waals surface area contributed by atoms with E-state index < -0.39 is 0 Å². The van der Waals surface area contributed by atoms with Crippen molar-refractivity contribution in [3.63, 3.8) is 0 Å². The van der Waals surface area contributed by atoms with Crippen molar-refractivity contribution in [3.8, 4) is 6.19 Å². The van der Waals surface area contributed by atoms with Gasteiger partial charge in [0.2, 0.25) is 18.0 Å². The van der Waals surface area contributed by atoms with E-state index in [4.69, 9.17) is 5.26 Å². The van der Waals surface area contributed by atoms with Crippen molar-refractivity contribution >= 4 is 39.7 Å². The zero-order valence-electron chi connectivity index (χ0n) is 11.2. The summed E-state index contributed by atoms with van der Waals surface area (Å²) in [5.41, 5.74) is 1.13. The first-order valence-corrected chi connectivity index (χ1v) is 8.27. The number of hydrogen-bond donors (Lipinski definition) is 0. The summed E-state index contributed by atoms with van der Waals surface area (Å²) < 4.78 is 0.564. The van der Waals surface area contributed by atoms with Gasteiger partial charge in [0.1, 0.15) is 4.38 Å². The number of benzene rings is 1. The third kappa shape index (κ3) is 4.62. The number of nitriles is 1. The van der Waals surface area contributed by atoms with Crippen molar-refractivity contribution in [2.45, 2.75) is 18.6 Å². The first-order valence-electron chi connectivity index (χ1n) is 6.30. The predicted octanol–water partition coefficient (Wildman–Crippen LogP) is 2.60. The standard InChI is InChI=1S/C14H13N3O2S2/c15-9-16-14(20-8-11-4-2-1-3-5-11)21-10-17-12(18)6-7-13(17)19/h1-5H,6-8,10H2. The van der Waals surface area contributed by atoms with E-state index in [1.165, 1.54) is 28.4 Å². The molecule has 0 aromatic heterocycles. The fourth-order valence-corrected chi connectivity index (χ4v) is 3.64. The minimum Gasteiger partial charge on any atom is -0.274 e. The highest BCUT2D eigenvalue weighted by molar-refractivity contribution is 8.38. The van der Waals surface area contributed by atoms with Gasteiger partial charge in [-0.15, -0.1) is 0 Å². The number of carbonyl (C=O) groups excluding carboxylic acids is 2. The number of amides is 2. The Morgan fingerprint density at radius 1 is 1.19 bits per heavy atom. The molecule has 1 aliphatic rings. The first-order chi connectivity index (χ1) is 10.2. The Hall–Kier alpha value is -1.78. The molecule has 1 aliphatic heterocycles. The lowest BCUT2D eigenvalue weighted by atomic mass is 10.2. The summed E-state index contributed by atoms with van der Waals surface area (Å²) in [4.78, 5) is 28.0. The van der Waals surface area contributed by atoms with Crippen LogP contribution < -0.4 is 0 Å². The van der Waals surface area contributed by atoms with E-state index in [0.29, 0.717) is 10.1 Å². The Morgan fingerprint density at radius 3 is 2.48 bits per heavy atom. The van der Waals surface area contributed by atoms with E-state index in [1.807, 2.05) is 30.3 Å². The summed E-state index contributed by atoms with van der Waals surface area (Å²) in [6.07, 6.45) is 2.32. The molecule has 5 nitrogen and oxygen atoms in total. The van der Waals surface area contributed by atoms with Gasteiger partial charge in [-0.2, -0.15) is 10.3 Å². The van der Waals surface area contributed by atoms with E-state index in [2.05, 4.69) is 4.99 Å². The molecule has 2 rings (SSSR count). The monoisotopic (exact) mass is 319 g/mol. The Bertz CT molecular complexity index is 580. The normalized spacial score (nSPS) is 15.4. The van der Waals surface area contributed by atoms with Gasteiger partial charge >= 0.3 is 0 Å². The molecule has 0 unspecified atom stereocenters. The molecular formula is C14H13N3O2S2. The number of nitrogens with zero attached hydrogens (tertiary/aromatic N) is 3. The minimum absolute atomic E-state index is 0.156. The summed E-state index contributed by atoms with van der Waals surface area (Å²) in [6, 6.07) is 9.83. The van der Waals surface area contributed by atoms with Gasteiger partial charge < -0.3 is 0 Å². The van der Waals surface area contributed by atoms with Crippen LogP contribution in [0.5, 0.6) is 0 Å². The summed E-state index contributed by atoms with van der Waals surface area (Å²) in [7, 11) is 0. The summed E-state index contributed by atoms with van der Waals surface area (Å²) in [5.74, 6) is 0.602. The van der Waals surface area contributed by atoms with Gasteiger partial charge in [-0.1, -0.05) is 53.9 Å². The predicted molar refractivity (Wildman–Crippen MR) is 84.3 cm³/mol. The smallest absolute Gasteiger partial charge is 0.230 e. The lowest BCUT2D eigenvalue weighted by Crippen LogP contribution is -2.28. The van der Waals surface area contributed by atoms with Crippen LogP contribution in [-0.4, -0.2) is 27.0 Å². The highest BCUT2D eigenvalue weighted by Gasteiger charge is 2.28. The highest BCUT2D eigenvalue weighted by Crippen LogP contribution is 2.24. The molecule has 0 N–H and O–H groups in total. The second kappa shape index (κ2) is 7.86. The van der Waals surface area contributed by atoms with E-state index >= 15 is 0 Å². The average molecular weight is 319 g/mol. The van der Waals surface area contributed by atoms with Gasteiger partial charge in [0, 0.05) is 18.6 Å². The van der Waals surface area contributed by atoms with Gasteiger partial charge in [0.05, 0.1) is 5.88 Å². The van der Waals surface area contributed by atoms with E-state index in [1.54, 1.807) is 6.19 Å². The molecule has 2 amide bonds. The topological polar surface area (TPSA) is 73.5 Å². The van der Waals surface area contributed by atoms with E-state index in [-0.39, 0.29) is 30.5 Å². The lowest BCUT2D eigenvalue weighted by molar-refractivity contribution is -0.137. The van der Waals surface area contributed by atoms with Crippen LogP contribution in [0.25, 0.3) is 0 Å². The first kappa shape index (κ1) is 15.6. The van der Waals surface area contributed by atoms with Crippen LogP contribution in [0.15, 0.2) is 35.3 Å². The van der Waals surface area contributed by atoms with Crippen LogP contribution in [0.2, 0.25) is 0 Å². The fraction of sp³-hybridized carbons (Fsp3) is 0.286. The number of hydrogen-bond acceptors (Lipinski definition) is 6. The van der Waals surface area contributed by atoms with E-state index in [0.717, 1.165) is 5.56 Å². The lowest BCUT2D eigenvalue weighted by Gasteiger charge is -2.13. The molecule has 1 fully saturated rings. The minimum atomic E-state index is -0.156. The van der Waals surface area contributed by atoms with Crippen LogP contribution in [0, 0.1) is 11.5 Å². The van der Waals surface area contributed by atoms with Crippen LogP contribution in [0.1, 0.15) is 18.4 Å². The van der Waals surface area contributed by atoms with Crippen molar-refractivity contribution in [2.75, 3.05) is 5.88 Å². The van der Waals surface area contributed by atoms with Crippen LogP contribution >= 0.6 is 23.5 Å². The van der Waals surface area contributed by atoms with Crippen LogP contribution in [0.4, 0.5) is 0 Å². The highest BCUT2D eigenvalue weighted by atomic mass is 32.2. The molecule has 108 valence electrons. The maximum absolute atomic E-state index is 11.5. The van der Waals surface area contributed by atoms with Gasteiger partial charge in [0.15, 0.2) is 0 Å². The summed E-state index contributed by atoms with van der Waals surface area (Å²) in [6.45, 7) is 0. The number of likely N-dealkylation sites (tertiary alicyclic amines) is 1. The quantitative estimate of drug-likeness (QED) is 0.369. The molecule has 0 saturated carbocycles. The second-order valence-corrected chi connectivity index (χ2v) is 6.40. The zero-order chi connectivity index (χ0) is 15.1. The number of carbonyl (C=O) groups is 2. The van der Waals surface area contributed by atoms with Crippen molar-refractivity contribution in [1.29, 1.82) is 5.26 Å². The molecular weight excluding hydrogens is 306 g/mol. The van der Waals surface area contributed by atoms with Crippen molar-refractivity contribution < 1.29 is 9.59 Å². The molecule has 7 heteroatoms. The summed E-state index contributed by atoms with van der Waals surface area (Å²) >= 11 is 2.67. The van der Waals surface area contributed by atoms with Gasteiger partial charge in [0.25, 0.3) is 0 Å². The van der Waals surface area contributed by atoms with Crippen molar-refractivity contribution in [3.05, 3.63) is 35.9 Å². The van der Waals surface area contributed by atoms with Crippen LogP contribution in [-0.2, 0) is 15.3 Å². The SMILES string of the molecule is N#CN=C(SCc1ccccc1)SCN1C(=O)CCC1=O. The summed E-state index contributed by atoms with van der Waals surface area (Å²) in [5, 5.41) is 8.72. The number of aliphatic imine (C=N–C) groups is 1. The Labute approximate surface area is 131 Å². The third-order valence-corrected chi connectivity index (χ3v) is 5.07. The molecule has 0 spiro atoms. The van der Waals surface area contributed by atoms with Crippen molar-refractivity contribution in [2.24, 2.45) is 4.99 Å². The number of thioether (sulfide) groups is 2. The Balaban J connectivity index is 1.88.